The number of benzene rings is 1. The van der Waals surface area contributed by atoms with E-state index in [1.54, 1.807) is 6.07 Å². The molecule has 39 heavy (non-hydrogen) atoms. The molecule has 0 unspecified atom stereocenters. The Labute approximate surface area is 225 Å². The van der Waals surface area contributed by atoms with Crippen LogP contribution in [0, 0.1) is 17.0 Å². The highest BCUT2D eigenvalue weighted by atomic mass is 35.5. The first-order chi connectivity index (χ1) is 18.4. The van der Waals surface area contributed by atoms with E-state index in [2.05, 4.69) is 15.2 Å². The molecule has 0 radical (unpaired) electrons. The first kappa shape index (κ1) is 25.2. The number of aliphatic hydroxyl groups is 1. The van der Waals surface area contributed by atoms with Gasteiger partial charge in [0.15, 0.2) is 23.1 Å². The molecule has 1 saturated heterocycles. The molecule has 3 aromatic rings. The summed E-state index contributed by atoms with van der Waals surface area (Å²) in [4.78, 5) is 7.62. The van der Waals surface area contributed by atoms with Crippen LogP contribution < -0.4 is 4.90 Å². The van der Waals surface area contributed by atoms with Crippen LogP contribution in [0.5, 0.6) is 0 Å². The van der Waals surface area contributed by atoms with E-state index in [4.69, 9.17) is 11.6 Å². The molecule has 1 N–H and O–H groups in total. The maximum atomic E-state index is 14.2. The fraction of sp³-hybridized carbons (Fsp3) is 0.500. The molecule has 2 saturated carbocycles. The Bertz CT molecular complexity index is 1460. The lowest BCUT2D eigenvalue weighted by molar-refractivity contribution is -0.300. The molecular weight excluding hydrogens is 543 g/mol. The highest BCUT2D eigenvalue weighted by Crippen LogP contribution is 2.57. The Morgan fingerprint density at radius 2 is 1.74 bits per heavy atom. The summed E-state index contributed by atoms with van der Waals surface area (Å²) in [5, 5.41) is 19.5. The maximum Gasteiger partial charge on any atom is 0.417 e. The van der Waals surface area contributed by atoms with Crippen LogP contribution in [0.4, 0.5) is 27.8 Å². The largest absolute Gasteiger partial charge is 0.417 e. The summed E-state index contributed by atoms with van der Waals surface area (Å²) in [5.74, 6) is 0.280. The average molecular weight is 567 g/mol. The quantitative estimate of drug-likeness (QED) is 0.462. The van der Waals surface area contributed by atoms with Gasteiger partial charge in [-0.25, -0.2) is 13.8 Å². The van der Waals surface area contributed by atoms with E-state index in [1.165, 1.54) is 0 Å². The first-order valence-electron chi connectivity index (χ1n) is 12.8. The van der Waals surface area contributed by atoms with Gasteiger partial charge >= 0.3 is 6.18 Å². The molecule has 3 fully saturated rings. The van der Waals surface area contributed by atoms with Gasteiger partial charge in [0.05, 0.1) is 18.4 Å². The predicted octanol–water partition coefficient (Wildman–Crippen LogP) is 4.75. The molecule has 13 heteroatoms. The molecule has 7 rings (SSSR count). The normalized spacial score (nSPS) is 26.3. The van der Waals surface area contributed by atoms with Gasteiger partial charge in [-0.3, -0.25) is 9.47 Å². The van der Waals surface area contributed by atoms with E-state index in [1.807, 2.05) is 26.5 Å². The van der Waals surface area contributed by atoms with Crippen molar-refractivity contribution in [1.82, 2.24) is 24.6 Å². The number of hydrogen-bond donors (Lipinski definition) is 1. The van der Waals surface area contributed by atoms with E-state index in [-0.39, 0.29) is 17.2 Å². The SMILES string of the molecule is OC1(C(F)(F)F)CC(N2Cc3cc(Cl)ccc3-n3c(nnc3C3CC4(C3)CN(c3ncc(F)cc3F)C4)C2)C1. The summed E-state index contributed by atoms with van der Waals surface area (Å²) in [6, 6.07) is 5.85. The molecule has 0 bridgehead atoms. The number of alkyl halides is 3. The smallest absolute Gasteiger partial charge is 0.380 e. The zero-order valence-corrected chi connectivity index (χ0v) is 21.4. The second kappa shape index (κ2) is 8.34. The number of fused-ring (bicyclic) bond motifs is 3. The summed E-state index contributed by atoms with van der Waals surface area (Å²) in [6.07, 6.45) is -2.80. The summed E-state index contributed by atoms with van der Waals surface area (Å²) < 4.78 is 69.2. The lowest BCUT2D eigenvalue weighted by atomic mass is 9.57. The van der Waals surface area contributed by atoms with E-state index in [0.29, 0.717) is 37.0 Å². The third kappa shape index (κ3) is 3.93. The van der Waals surface area contributed by atoms with Crippen molar-refractivity contribution in [3.63, 3.8) is 0 Å². The van der Waals surface area contributed by atoms with Gasteiger partial charge in [0.25, 0.3) is 0 Å². The minimum Gasteiger partial charge on any atom is -0.380 e. The van der Waals surface area contributed by atoms with Crippen molar-refractivity contribution in [2.45, 2.75) is 62.5 Å². The van der Waals surface area contributed by atoms with Crippen LogP contribution in [-0.4, -0.2) is 60.7 Å². The molecule has 0 atom stereocenters. The lowest BCUT2D eigenvalue weighted by Crippen LogP contribution is -2.62. The summed E-state index contributed by atoms with van der Waals surface area (Å²) in [7, 11) is 0. The Kier molecular flexibility index (Phi) is 5.38. The average Bonchev–Trinajstić information content (AvgIpc) is 3.10. The number of hydrogen-bond acceptors (Lipinski definition) is 6. The Balaban J connectivity index is 1.11. The van der Waals surface area contributed by atoms with Crippen LogP contribution in [0.15, 0.2) is 30.5 Å². The summed E-state index contributed by atoms with van der Waals surface area (Å²) in [6.45, 7) is 1.89. The highest BCUT2D eigenvalue weighted by Gasteiger charge is 2.62. The van der Waals surface area contributed by atoms with Crippen LogP contribution in [-0.2, 0) is 13.1 Å². The van der Waals surface area contributed by atoms with Gasteiger partial charge in [-0.1, -0.05) is 11.6 Å². The van der Waals surface area contributed by atoms with E-state index in [0.717, 1.165) is 42.2 Å². The summed E-state index contributed by atoms with van der Waals surface area (Å²) >= 11 is 6.29. The highest BCUT2D eigenvalue weighted by molar-refractivity contribution is 6.30. The van der Waals surface area contributed by atoms with Crippen molar-refractivity contribution in [2.24, 2.45) is 5.41 Å². The zero-order valence-electron chi connectivity index (χ0n) is 20.6. The van der Waals surface area contributed by atoms with Gasteiger partial charge in [-0.05, 0) is 36.6 Å². The van der Waals surface area contributed by atoms with Gasteiger partial charge < -0.3 is 10.0 Å². The van der Waals surface area contributed by atoms with Gasteiger partial charge in [0, 0.05) is 60.9 Å². The maximum absolute atomic E-state index is 14.2. The van der Waals surface area contributed by atoms with Crippen molar-refractivity contribution < 1.29 is 27.1 Å². The molecule has 2 aromatic heterocycles. The van der Waals surface area contributed by atoms with E-state index < -0.39 is 42.3 Å². The number of aromatic nitrogens is 4. The lowest BCUT2D eigenvalue weighted by Gasteiger charge is -2.59. The zero-order chi connectivity index (χ0) is 27.3. The van der Waals surface area contributed by atoms with Crippen LogP contribution >= 0.6 is 11.6 Å². The third-order valence-electron chi connectivity index (χ3n) is 8.81. The number of rotatable bonds is 3. The number of anilines is 1. The molecular formula is C26H24ClF5N6O. The molecule has 2 aliphatic carbocycles. The Hall–Kier alpha value is -2.83. The van der Waals surface area contributed by atoms with Crippen molar-refractivity contribution in [1.29, 1.82) is 0 Å². The van der Waals surface area contributed by atoms with Gasteiger partial charge in [0.2, 0.25) is 0 Å². The van der Waals surface area contributed by atoms with Gasteiger partial charge in [-0.2, -0.15) is 13.2 Å². The van der Waals surface area contributed by atoms with E-state index in [9.17, 15) is 27.1 Å². The minimum absolute atomic E-state index is 0.00681. The van der Waals surface area contributed by atoms with Crippen molar-refractivity contribution in [2.75, 3.05) is 18.0 Å². The summed E-state index contributed by atoms with van der Waals surface area (Å²) in [5.41, 5.74) is -0.973. The molecule has 4 heterocycles. The molecule has 4 aliphatic rings. The van der Waals surface area contributed by atoms with Crippen molar-refractivity contribution in [3.8, 4) is 5.69 Å². The van der Waals surface area contributed by atoms with Crippen LogP contribution in [0.1, 0.15) is 48.8 Å². The molecule has 1 aromatic carbocycles. The van der Waals surface area contributed by atoms with Crippen LogP contribution in [0.25, 0.3) is 5.69 Å². The van der Waals surface area contributed by atoms with Crippen LogP contribution in [0.2, 0.25) is 5.02 Å². The predicted molar refractivity (Wildman–Crippen MR) is 130 cm³/mol. The molecule has 2 aliphatic heterocycles. The first-order valence-corrected chi connectivity index (χ1v) is 13.1. The van der Waals surface area contributed by atoms with Crippen LogP contribution in [0.3, 0.4) is 0 Å². The Morgan fingerprint density at radius 1 is 1.00 bits per heavy atom. The molecule has 206 valence electrons. The molecule has 0 amide bonds. The fourth-order valence-electron chi connectivity index (χ4n) is 6.76. The minimum atomic E-state index is -4.67. The number of pyridine rings is 1. The van der Waals surface area contributed by atoms with Crippen molar-refractivity contribution in [3.05, 3.63) is 64.3 Å². The second-order valence-electron chi connectivity index (χ2n) is 11.5. The van der Waals surface area contributed by atoms with E-state index >= 15 is 0 Å². The van der Waals surface area contributed by atoms with Gasteiger partial charge in [0.1, 0.15) is 11.6 Å². The molecule has 1 spiro atoms. The third-order valence-corrected chi connectivity index (χ3v) is 9.05. The monoisotopic (exact) mass is 566 g/mol. The fourth-order valence-corrected chi connectivity index (χ4v) is 6.96. The second-order valence-corrected chi connectivity index (χ2v) is 11.9. The number of halogens is 6. The topological polar surface area (TPSA) is 70.3 Å². The standard InChI is InChI=1S/C26H24ClF5N6O/c27-16-1-2-20-14(3-16)10-36(18-7-25(39,8-18)26(30,31)32)11-21-34-35-22(38(20)21)15-5-24(6-15)12-37(13-24)23-19(29)4-17(28)9-33-23/h1-4,9,15,18,39H,5-8,10-13H2. The van der Waals surface area contributed by atoms with Gasteiger partial charge in [-0.15, -0.1) is 10.2 Å². The molecule has 7 nitrogen and oxygen atoms in total. The van der Waals surface area contributed by atoms with Crippen molar-refractivity contribution >= 4 is 17.4 Å². The Morgan fingerprint density at radius 3 is 2.44 bits per heavy atom. The number of nitrogens with zero attached hydrogens (tertiary/aromatic N) is 6.